The van der Waals surface area contributed by atoms with E-state index in [9.17, 15) is 30.3 Å². The SMILES string of the molecule is C=C1C(O)C2O[C@@]3(CCC(C=CC(C)C4CC(C)=C[C@@]5(OC(C[C@@](C)(O)C(=O)O)CCC5O)O4)O3)CCC2OC1C(O)CC(C)C1O[C@@]2(CCC1C)OCCCC2C. The van der Waals surface area contributed by atoms with Gasteiger partial charge in [-0.05, 0) is 95.1 Å². The Kier molecular flexibility index (Phi) is 13.1. The van der Waals surface area contributed by atoms with Crippen molar-refractivity contribution < 1.29 is 63.5 Å². The van der Waals surface area contributed by atoms with Crippen LogP contribution in [0, 0.1) is 23.7 Å². The molecule has 328 valence electrons. The van der Waals surface area contributed by atoms with Crippen LogP contribution in [0.25, 0.3) is 0 Å². The predicted octanol–water partition coefficient (Wildman–Crippen LogP) is 5.46. The lowest BCUT2D eigenvalue weighted by atomic mass is 9.78. The highest BCUT2D eigenvalue weighted by Gasteiger charge is 2.55. The molecule has 13 heteroatoms. The Balaban J connectivity index is 0.922. The summed E-state index contributed by atoms with van der Waals surface area (Å²) in [6, 6.07) is 0. The number of carboxylic acids is 1. The number of carbonyl (C=O) groups is 1. The number of hydrogen-bond acceptors (Lipinski definition) is 12. The smallest absolute Gasteiger partial charge is 0.335 e. The average molecular weight is 819 g/mol. The van der Waals surface area contributed by atoms with Crippen molar-refractivity contribution in [2.75, 3.05) is 6.61 Å². The first-order chi connectivity index (χ1) is 27.3. The summed E-state index contributed by atoms with van der Waals surface area (Å²) in [5.41, 5.74) is -0.554. The maximum atomic E-state index is 11.6. The molecule has 7 heterocycles. The fourth-order valence-corrected chi connectivity index (χ4v) is 10.9. The van der Waals surface area contributed by atoms with E-state index in [1.807, 2.05) is 19.9 Å². The summed E-state index contributed by atoms with van der Waals surface area (Å²) in [7, 11) is 0. The third kappa shape index (κ3) is 8.93. The van der Waals surface area contributed by atoms with Crippen molar-refractivity contribution in [3.63, 3.8) is 0 Å². The Morgan fingerprint density at radius 1 is 1.02 bits per heavy atom. The van der Waals surface area contributed by atoms with Gasteiger partial charge in [0, 0.05) is 37.5 Å². The van der Waals surface area contributed by atoms with E-state index in [-0.39, 0.29) is 36.6 Å². The molecular weight excluding hydrogens is 748 g/mol. The lowest BCUT2D eigenvalue weighted by molar-refractivity contribution is -0.334. The second kappa shape index (κ2) is 17.2. The van der Waals surface area contributed by atoms with Crippen molar-refractivity contribution in [3.8, 4) is 0 Å². The van der Waals surface area contributed by atoms with Crippen molar-refractivity contribution in [1.82, 2.24) is 0 Å². The highest BCUT2D eigenvalue weighted by atomic mass is 16.7. The first-order valence-corrected chi connectivity index (χ1v) is 22.1. The summed E-state index contributed by atoms with van der Waals surface area (Å²) in [5, 5.41) is 54.1. The van der Waals surface area contributed by atoms with E-state index in [1.54, 1.807) is 6.08 Å². The number of hydrogen-bond donors (Lipinski definition) is 5. The van der Waals surface area contributed by atoms with Gasteiger partial charge < -0.3 is 58.7 Å². The standard InChI is InChI=1S/C45H70O13/c1-25-21-35(56-45(23-25)36(47)13-12-32(55-45)24-42(7,51)41(49)50)26(2)10-11-31-15-17-43(54-31)18-16-34-40(57-43)37(48)30(6)39(53-34)33(46)22-28(4)38-27(3)14-19-44(58-38)29(5)9-8-20-52-44/h10-11,23,26-29,31-40,46-48,51H,6,8-9,12-22,24H2,1-5,7H3,(H,49,50)/t26?,27?,28?,29?,31?,32?,33?,34?,35?,36?,37?,38?,39?,40?,42-,43+,44-,45-/m1/s1. The molecule has 0 aromatic rings. The minimum Gasteiger partial charge on any atom is -0.479 e. The Bertz CT molecular complexity index is 1550. The summed E-state index contributed by atoms with van der Waals surface area (Å²) >= 11 is 0. The van der Waals surface area contributed by atoms with Crippen LogP contribution in [0.5, 0.6) is 0 Å². The lowest BCUT2D eigenvalue weighted by Crippen LogP contribution is -2.60. The Hall–Kier alpha value is -1.75. The molecule has 3 spiro atoms. The van der Waals surface area contributed by atoms with Gasteiger partial charge in [0.15, 0.2) is 17.2 Å². The molecule has 0 aliphatic carbocycles. The van der Waals surface area contributed by atoms with Crippen molar-refractivity contribution in [1.29, 1.82) is 0 Å². The number of carboxylic acid groups (broad SMARTS) is 1. The minimum atomic E-state index is -1.96. The van der Waals surface area contributed by atoms with Gasteiger partial charge in [-0.1, -0.05) is 52.0 Å². The number of aliphatic hydroxyl groups is 4. The molecule has 7 rings (SSSR count). The van der Waals surface area contributed by atoms with Crippen LogP contribution in [0.2, 0.25) is 0 Å². The van der Waals surface area contributed by atoms with Gasteiger partial charge in [0.2, 0.25) is 5.79 Å². The Labute approximate surface area is 344 Å². The molecule has 7 aliphatic rings. The van der Waals surface area contributed by atoms with Crippen LogP contribution in [0.15, 0.2) is 36.0 Å². The minimum absolute atomic E-state index is 0.0385. The third-order valence-corrected chi connectivity index (χ3v) is 14.5. The second-order valence-electron chi connectivity index (χ2n) is 19.4. The van der Waals surface area contributed by atoms with Crippen LogP contribution < -0.4 is 0 Å². The van der Waals surface area contributed by atoms with E-state index >= 15 is 0 Å². The van der Waals surface area contributed by atoms with E-state index < -0.39 is 71.7 Å². The normalized spacial score (nSPS) is 46.1. The molecule has 58 heavy (non-hydrogen) atoms. The number of aliphatic carboxylic acids is 1. The van der Waals surface area contributed by atoms with Gasteiger partial charge in [-0.3, -0.25) is 0 Å². The lowest BCUT2D eigenvalue weighted by Gasteiger charge is -2.51. The van der Waals surface area contributed by atoms with Crippen LogP contribution in [-0.2, 0) is 38.0 Å². The quantitative estimate of drug-likeness (QED) is 0.176. The molecule has 0 radical (unpaired) electrons. The number of rotatable bonds is 10. The van der Waals surface area contributed by atoms with Gasteiger partial charge >= 0.3 is 5.97 Å². The first-order valence-electron chi connectivity index (χ1n) is 22.1. The molecule has 0 amide bonds. The molecule has 0 bridgehead atoms. The van der Waals surface area contributed by atoms with Gasteiger partial charge in [0.25, 0.3) is 0 Å². The number of aliphatic hydroxyl groups excluding tert-OH is 3. The van der Waals surface area contributed by atoms with Gasteiger partial charge in [-0.25, -0.2) is 4.79 Å². The zero-order valence-electron chi connectivity index (χ0n) is 35.4. The van der Waals surface area contributed by atoms with Crippen LogP contribution in [-0.4, -0.2) is 122 Å². The van der Waals surface area contributed by atoms with Crippen LogP contribution in [0.4, 0.5) is 0 Å². The Morgan fingerprint density at radius 2 is 1.78 bits per heavy atom. The highest BCUT2D eigenvalue weighted by molar-refractivity contribution is 5.76. The fraction of sp³-hybridized carbons (Fsp3) is 0.844. The third-order valence-electron chi connectivity index (χ3n) is 14.5. The van der Waals surface area contributed by atoms with Gasteiger partial charge in [0.1, 0.15) is 24.4 Å². The van der Waals surface area contributed by atoms with Crippen LogP contribution in [0.1, 0.15) is 125 Å². The van der Waals surface area contributed by atoms with Crippen LogP contribution in [0.3, 0.4) is 0 Å². The molecule has 0 saturated carbocycles. The van der Waals surface area contributed by atoms with Crippen LogP contribution >= 0.6 is 0 Å². The zero-order valence-corrected chi connectivity index (χ0v) is 35.4. The van der Waals surface area contributed by atoms with Crippen molar-refractivity contribution in [2.45, 2.75) is 209 Å². The molecule has 6 saturated heterocycles. The molecule has 18 atom stereocenters. The van der Waals surface area contributed by atoms with E-state index in [0.29, 0.717) is 62.4 Å². The molecule has 5 N–H and O–H groups in total. The van der Waals surface area contributed by atoms with E-state index in [2.05, 4.69) is 33.4 Å². The summed E-state index contributed by atoms with van der Waals surface area (Å²) in [4.78, 5) is 11.6. The molecule has 0 aromatic heterocycles. The van der Waals surface area contributed by atoms with Crippen molar-refractivity contribution in [3.05, 3.63) is 36.0 Å². The molecular formula is C45H70O13. The van der Waals surface area contributed by atoms with Crippen molar-refractivity contribution >= 4 is 5.97 Å². The summed E-state index contributed by atoms with van der Waals surface area (Å²) in [6.07, 6.45) is 8.36. The van der Waals surface area contributed by atoms with Gasteiger partial charge in [0.05, 0.1) is 43.2 Å². The molecule has 0 aromatic carbocycles. The predicted molar refractivity (Wildman–Crippen MR) is 212 cm³/mol. The van der Waals surface area contributed by atoms with E-state index in [1.165, 1.54) is 6.92 Å². The van der Waals surface area contributed by atoms with E-state index in [0.717, 1.165) is 44.3 Å². The zero-order chi connectivity index (χ0) is 41.8. The fourth-order valence-electron chi connectivity index (χ4n) is 10.9. The molecule has 13 nitrogen and oxygen atoms in total. The summed E-state index contributed by atoms with van der Waals surface area (Å²) in [6.45, 7) is 16.7. The summed E-state index contributed by atoms with van der Waals surface area (Å²) < 4.78 is 45.5. The maximum absolute atomic E-state index is 11.6. The molecule has 7 aliphatic heterocycles. The summed E-state index contributed by atoms with van der Waals surface area (Å²) in [5.74, 6) is -3.56. The number of ether oxygens (including phenoxy) is 7. The largest absolute Gasteiger partial charge is 0.479 e. The molecule has 6 fully saturated rings. The van der Waals surface area contributed by atoms with E-state index in [4.69, 9.17) is 33.2 Å². The highest BCUT2D eigenvalue weighted by Crippen LogP contribution is 2.48. The first kappa shape index (κ1) is 44.3. The van der Waals surface area contributed by atoms with Crippen molar-refractivity contribution in [2.24, 2.45) is 23.7 Å². The van der Waals surface area contributed by atoms with Gasteiger partial charge in [-0.15, -0.1) is 0 Å². The second-order valence-corrected chi connectivity index (χ2v) is 19.4. The average Bonchev–Trinajstić information content (AvgIpc) is 3.57. The molecule has 14 unspecified atom stereocenters. The van der Waals surface area contributed by atoms with Gasteiger partial charge in [-0.2, -0.15) is 0 Å². The topological polar surface area (TPSA) is 183 Å². The maximum Gasteiger partial charge on any atom is 0.335 e. The number of fused-ring (bicyclic) bond motifs is 1. The Morgan fingerprint density at radius 3 is 2.52 bits per heavy atom. The monoisotopic (exact) mass is 818 g/mol.